The maximum atomic E-state index is 12.2. The SMILES string of the molecule is COC(=O)/C=C(/Nc1ccc(C(=O)Nc2ccccn2)cc1)C(=O)OC. The number of carbonyl (C=O) groups is 3. The highest BCUT2D eigenvalue weighted by molar-refractivity contribution is 6.04. The van der Waals surface area contributed by atoms with Crippen LogP contribution in [0, 0.1) is 0 Å². The quantitative estimate of drug-likeness (QED) is 0.603. The van der Waals surface area contributed by atoms with Crippen LogP contribution in [0.1, 0.15) is 10.4 Å². The van der Waals surface area contributed by atoms with Gasteiger partial charge in [0.1, 0.15) is 11.5 Å². The number of hydrogen-bond acceptors (Lipinski definition) is 7. The molecule has 2 N–H and O–H groups in total. The Morgan fingerprint density at radius 3 is 2.27 bits per heavy atom. The highest BCUT2D eigenvalue weighted by atomic mass is 16.5. The molecular weight excluding hydrogens is 338 g/mol. The lowest BCUT2D eigenvalue weighted by atomic mass is 10.2. The van der Waals surface area contributed by atoms with Gasteiger partial charge >= 0.3 is 11.9 Å². The Bertz CT molecular complexity index is 816. The second-order valence-electron chi connectivity index (χ2n) is 4.94. The summed E-state index contributed by atoms with van der Waals surface area (Å²) in [5, 5.41) is 5.41. The van der Waals surface area contributed by atoms with Crippen LogP contribution in [0.5, 0.6) is 0 Å². The van der Waals surface area contributed by atoms with E-state index in [0.717, 1.165) is 6.08 Å². The zero-order valence-electron chi connectivity index (χ0n) is 14.2. The van der Waals surface area contributed by atoms with Gasteiger partial charge in [-0.25, -0.2) is 14.6 Å². The molecule has 0 aliphatic heterocycles. The van der Waals surface area contributed by atoms with Crippen molar-refractivity contribution in [1.29, 1.82) is 0 Å². The van der Waals surface area contributed by atoms with E-state index in [0.29, 0.717) is 17.1 Å². The number of nitrogens with one attached hydrogen (secondary N) is 2. The zero-order valence-corrected chi connectivity index (χ0v) is 14.2. The predicted octanol–water partition coefficient (Wildman–Crippen LogP) is 1.98. The second kappa shape index (κ2) is 8.97. The number of hydrogen-bond donors (Lipinski definition) is 2. The average Bonchev–Trinajstić information content (AvgIpc) is 2.68. The van der Waals surface area contributed by atoms with E-state index in [4.69, 9.17) is 0 Å². The molecule has 1 aromatic carbocycles. The molecule has 0 aliphatic carbocycles. The smallest absolute Gasteiger partial charge is 0.354 e. The minimum Gasteiger partial charge on any atom is -0.466 e. The molecule has 26 heavy (non-hydrogen) atoms. The molecule has 0 unspecified atom stereocenters. The molecule has 134 valence electrons. The van der Waals surface area contributed by atoms with Gasteiger partial charge in [0.2, 0.25) is 0 Å². The van der Waals surface area contributed by atoms with Crippen LogP contribution < -0.4 is 10.6 Å². The molecule has 8 heteroatoms. The fourth-order valence-corrected chi connectivity index (χ4v) is 1.92. The van der Waals surface area contributed by atoms with Crippen LogP contribution in [0.3, 0.4) is 0 Å². The molecule has 8 nitrogen and oxygen atoms in total. The second-order valence-corrected chi connectivity index (χ2v) is 4.94. The van der Waals surface area contributed by atoms with Crippen LogP contribution in [0.2, 0.25) is 0 Å². The number of anilines is 2. The highest BCUT2D eigenvalue weighted by Gasteiger charge is 2.13. The lowest BCUT2D eigenvalue weighted by Gasteiger charge is -2.10. The fraction of sp³-hybridized carbons (Fsp3) is 0.111. The molecule has 0 saturated heterocycles. The van der Waals surface area contributed by atoms with E-state index in [1.165, 1.54) is 14.2 Å². The Morgan fingerprint density at radius 1 is 0.962 bits per heavy atom. The average molecular weight is 355 g/mol. The first-order chi connectivity index (χ1) is 12.5. The van der Waals surface area contributed by atoms with Gasteiger partial charge in [-0.15, -0.1) is 0 Å². The van der Waals surface area contributed by atoms with Crippen LogP contribution in [0.25, 0.3) is 0 Å². The van der Waals surface area contributed by atoms with Crippen molar-refractivity contribution < 1.29 is 23.9 Å². The first-order valence-corrected chi connectivity index (χ1v) is 7.51. The Hall–Kier alpha value is -3.68. The largest absolute Gasteiger partial charge is 0.466 e. The van der Waals surface area contributed by atoms with Crippen molar-refractivity contribution in [2.24, 2.45) is 0 Å². The van der Waals surface area contributed by atoms with Crippen molar-refractivity contribution in [2.45, 2.75) is 0 Å². The number of methoxy groups -OCH3 is 2. The fourth-order valence-electron chi connectivity index (χ4n) is 1.92. The number of aromatic nitrogens is 1. The summed E-state index contributed by atoms with van der Waals surface area (Å²) in [6.07, 6.45) is 2.55. The first-order valence-electron chi connectivity index (χ1n) is 7.51. The molecule has 0 radical (unpaired) electrons. The van der Waals surface area contributed by atoms with Gasteiger partial charge in [-0.3, -0.25) is 4.79 Å². The summed E-state index contributed by atoms with van der Waals surface area (Å²) in [6.45, 7) is 0. The van der Waals surface area contributed by atoms with E-state index in [2.05, 4.69) is 25.1 Å². The van der Waals surface area contributed by atoms with Crippen molar-refractivity contribution in [3.05, 3.63) is 66.0 Å². The predicted molar refractivity (Wildman–Crippen MR) is 94.4 cm³/mol. The van der Waals surface area contributed by atoms with E-state index in [1.54, 1.807) is 48.7 Å². The molecule has 1 heterocycles. The summed E-state index contributed by atoms with van der Waals surface area (Å²) in [6, 6.07) is 11.5. The number of pyridine rings is 1. The van der Waals surface area contributed by atoms with Crippen molar-refractivity contribution in [3.63, 3.8) is 0 Å². The van der Waals surface area contributed by atoms with E-state index in [-0.39, 0.29) is 11.6 Å². The number of esters is 2. The number of nitrogens with zero attached hydrogens (tertiary/aromatic N) is 1. The monoisotopic (exact) mass is 355 g/mol. The maximum absolute atomic E-state index is 12.2. The van der Waals surface area contributed by atoms with Crippen molar-refractivity contribution in [3.8, 4) is 0 Å². The summed E-state index contributed by atoms with van der Waals surface area (Å²) >= 11 is 0. The molecule has 0 fully saturated rings. The topological polar surface area (TPSA) is 107 Å². The molecule has 2 rings (SSSR count). The van der Waals surface area contributed by atoms with Gasteiger partial charge in [0, 0.05) is 17.4 Å². The Morgan fingerprint density at radius 2 is 1.69 bits per heavy atom. The number of ether oxygens (including phenoxy) is 2. The van der Waals surface area contributed by atoms with Gasteiger partial charge in [0.15, 0.2) is 0 Å². The van der Waals surface area contributed by atoms with Gasteiger partial charge in [-0.2, -0.15) is 0 Å². The van der Waals surface area contributed by atoms with Crippen molar-refractivity contribution in [1.82, 2.24) is 4.98 Å². The van der Waals surface area contributed by atoms with Gasteiger partial charge in [-0.1, -0.05) is 6.07 Å². The zero-order chi connectivity index (χ0) is 18.9. The molecule has 0 spiro atoms. The third-order valence-corrected chi connectivity index (χ3v) is 3.20. The Labute approximate surface area is 149 Å². The van der Waals surface area contributed by atoms with Crippen LogP contribution in [-0.2, 0) is 19.1 Å². The molecule has 0 bridgehead atoms. The summed E-state index contributed by atoms with van der Waals surface area (Å²) in [7, 11) is 2.39. The summed E-state index contributed by atoms with van der Waals surface area (Å²) in [5.74, 6) is -1.32. The van der Waals surface area contributed by atoms with E-state index in [1.807, 2.05) is 0 Å². The van der Waals surface area contributed by atoms with Crippen LogP contribution in [0.4, 0.5) is 11.5 Å². The van der Waals surface area contributed by atoms with Gasteiger partial charge < -0.3 is 20.1 Å². The lowest BCUT2D eigenvalue weighted by Crippen LogP contribution is -2.16. The normalized spacial score (nSPS) is 10.6. The van der Waals surface area contributed by atoms with Gasteiger partial charge in [0.25, 0.3) is 5.91 Å². The third kappa shape index (κ3) is 5.17. The summed E-state index contributed by atoms with van der Waals surface area (Å²) < 4.78 is 9.11. The number of benzene rings is 1. The molecular formula is C18H17N3O5. The molecule has 0 saturated carbocycles. The minimum atomic E-state index is -0.729. The van der Waals surface area contributed by atoms with Crippen molar-refractivity contribution >= 4 is 29.4 Å². The molecule has 1 aromatic heterocycles. The molecule has 0 aliphatic rings. The molecule has 0 atom stereocenters. The first kappa shape index (κ1) is 18.7. The van der Waals surface area contributed by atoms with Crippen molar-refractivity contribution in [2.75, 3.05) is 24.9 Å². The number of rotatable bonds is 6. The molecule has 1 amide bonds. The Kier molecular flexibility index (Phi) is 6.44. The maximum Gasteiger partial charge on any atom is 0.354 e. The third-order valence-electron chi connectivity index (χ3n) is 3.20. The number of amides is 1. The van der Waals surface area contributed by atoms with Crippen LogP contribution in [-0.4, -0.2) is 37.0 Å². The highest BCUT2D eigenvalue weighted by Crippen LogP contribution is 2.14. The van der Waals surface area contributed by atoms with E-state index in [9.17, 15) is 14.4 Å². The summed E-state index contributed by atoms with van der Waals surface area (Å²) in [4.78, 5) is 39.2. The Balaban J connectivity index is 2.10. The minimum absolute atomic E-state index is 0.0926. The van der Waals surface area contributed by atoms with Gasteiger partial charge in [0.05, 0.1) is 20.3 Å². The van der Waals surface area contributed by atoms with E-state index < -0.39 is 11.9 Å². The standard InChI is InChI=1S/C18H17N3O5/c1-25-16(22)11-14(18(24)26-2)20-13-8-6-12(7-9-13)17(23)21-15-5-3-4-10-19-15/h3-11,20H,1-2H3,(H,19,21,23)/b14-11+. The van der Waals surface area contributed by atoms with Crippen LogP contribution >= 0.6 is 0 Å². The number of carbonyl (C=O) groups excluding carboxylic acids is 3. The van der Waals surface area contributed by atoms with Crippen LogP contribution in [0.15, 0.2) is 60.4 Å². The lowest BCUT2D eigenvalue weighted by molar-refractivity contribution is -0.138. The molecule has 2 aromatic rings. The van der Waals surface area contributed by atoms with Gasteiger partial charge in [-0.05, 0) is 36.4 Å². The summed E-state index contributed by atoms with van der Waals surface area (Å²) in [5.41, 5.74) is 0.794. The van der Waals surface area contributed by atoms with E-state index >= 15 is 0 Å².